The molecule has 0 aromatic heterocycles. The second-order valence-electron chi connectivity index (χ2n) is 5.70. The van der Waals surface area contributed by atoms with Crippen molar-refractivity contribution in [3.05, 3.63) is 47.5 Å². The van der Waals surface area contributed by atoms with Gasteiger partial charge in [0.15, 0.2) is 0 Å². The highest BCUT2D eigenvalue weighted by Gasteiger charge is 2.52. The molecule has 3 nitrogen and oxygen atoms in total. The molecule has 1 saturated heterocycles. The van der Waals surface area contributed by atoms with Crippen LogP contribution < -0.4 is 0 Å². The standard InChI is InChI=1S/C17H22O3/c1-13(2)8-7-11-17(3)15(20-17)12-19-16(18)14-9-5-4-6-10-14/h4-6,8-10,15H,7,11-12H2,1-3H3/t15-,17+/m0/s1. The van der Waals surface area contributed by atoms with E-state index in [4.69, 9.17) is 9.47 Å². The van der Waals surface area contributed by atoms with Crippen molar-refractivity contribution in [2.75, 3.05) is 6.61 Å². The Balaban J connectivity index is 1.74. The zero-order valence-electron chi connectivity index (χ0n) is 12.4. The van der Waals surface area contributed by atoms with Crippen molar-refractivity contribution >= 4 is 5.97 Å². The Hall–Kier alpha value is -1.61. The number of carbonyl (C=O) groups excluding carboxylic acids is 1. The quantitative estimate of drug-likeness (QED) is 0.450. The van der Waals surface area contributed by atoms with Gasteiger partial charge in [-0.05, 0) is 45.7 Å². The van der Waals surface area contributed by atoms with E-state index in [9.17, 15) is 4.79 Å². The van der Waals surface area contributed by atoms with Crippen LogP contribution in [0.15, 0.2) is 42.0 Å². The van der Waals surface area contributed by atoms with Crippen LogP contribution in [0.25, 0.3) is 0 Å². The lowest BCUT2D eigenvalue weighted by Crippen LogP contribution is -2.17. The number of ether oxygens (including phenoxy) is 2. The molecule has 1 fully saturated rings. The smallest absolute Gasteiger partial charge is 0.338 e. The normalized spacial score (nSPS) is 24.1. The highest BCUT2D eigenvalue weighted by Crippen LogP contribution is 2.40. The van der Waals surface area contributed by atoms with Gasteiger partial charge < -0.3 is 9.47 Å². The molecule has 3 heteroatoms. The molecule has 1 aromatic carbocycles. The maximum atomic E-state index is 11.8. The van der Waals surface area contributed by atoms with E-state index in [-0.39, 0.29) is 17.7 Å². The molecule has 2 rings (SSSR count). The van der Waals surface area contributed by atoms with Gasteiger partial charge in [0.2, 0.25) is 0 Å². The zero-order valence-corrected chi connectivity index (χ0v) is 12.4. The minimum Gasteiger partial charge on any atom is -0.459 e. The van der Waals surface area contributed by atoms with Gasteiger partial charge in [-0.25, -0.2) is 4.79 Å². The van der Waals surface area contributed by atoms with Gasteiger partial charge in [0, 0.05) is 0 Å². The molecule has 1 aliphatic heterocycles. The summed E-state index contributed by atoms with van der Waals surface area (Å²) in [6, 6.07) is 9.04. The Morgan fingerprint density at radius 2 is 2.05 bits per heavy atom. The van der Waals surface area contributed by atoms with E-state index in [0.29, 0.717) is 12.2 Å². The first-order chi connectivity index (χ1) is 9.51. The van der Waals surface area contributed by atoms with Gasteiger partial charge in [-0.1, -0.05) is 29.8 Å². The molecule has 0 saturated carbocycles. The molecule has 0 bridgehead atoms. The summed E-state index contributed by atoms with van der Waals surface area (Å²) in [7, 11) is 0. The average molecular weight is 274 g/mol. The van der Waals surface area contributed by atoms with Gasteiger partial charge in [0.05, 0.1) is 11.2 Å². The largest absolute Gasteiger partial charge is 0.459 e. The summed E-state index contributed by atoms with van der Waals surface area (Å²) in [5.74, 6) is -0.284. The van der Waals surface area contributed by atoms with Crippen molar-refractivity contribution < 1.29 is 14.3 Å². The molecular weight excluding hydrogens is 252 g/mol. The molecule has 0 radical (unpaired) electrons. The van der Waals surface area contributed by atoms with Crippen molar-refractivity contribution in [3.63, 3.8) is 0 Å². The summed E-state index contributed by atoms with van der Waals surface area (Å²) in [5.41, 5.74) is 1.77. The first-order valence-corrected chi connectivity index (χ1v) is 7.04. The highest BCUT2D eigenvalue weighted by molar-refractivity contribution is 5.89. The van der Waals surface area contributed by atoms with Crippen molar-refractivity contribution in [3.8, 4) is 0 Å². The van der Waals surface area contributed by atoms with Crippen LogP contribution in [-0.4, -0.2) is 24.3 Å². The van der Waals surface area contributed by atoms with Crippen molar-refractivity contribution in [2.24, 2.45) is 0 Å². The molecule has 1 aromatic rings. The Morgan fingerprint density at radius 1 is 1.35 bits per heavy atom. The number of hydrogen-bond donors (Lipinski definition) is 0. The van der Waals surface area contributed by atoms with Gasteiger partial charge in [0.25, 0.3) is 0 Å². The fourth-order valence-corrected chi connectivity index (χ4v) is 2.18. The Labute approximate surface area is 120 Å². The number of benzene rings is 1. The van der Waals surface area contributed by atoms with Crippen LogP contribution in [0.3, 0.4) is 0 Å². The monoisotopic (exact) mass is 274 g/mol. The van der Waals surface area contributed by atoms with Crippen LogP contribution in [0.4, 0.5) is 0 Å². The molecule has 108 valence electrons. The first kappa shape index (κ1) is 14.8. The third-order valence-corrected chi connectivity index (χ3v) is 3.60. The number of carbonyl (C=O) groups is 1. The number of allylic oxidation sites excluding steroid dienone is 2. The lowest BCUT2D eigenvalue weighted by Gasteiger charge is -2.06. The number of esters is 1. The molecule has 0 unspecified atom stereocenters. The molecule has 20 heavy (non-hydrogen) atoms. The minimum absolute atomic E-state index is 0.0284. The summed E-state index contributed by atoms with van der Waals surface area (Å²) in [6.07, 6.45) is 4.20. The van der Waals surface area contributed by atoms with Gasteiger partial charge in [-0.3, -0.25) is 0 Å². The van der Waals surface area contributed by atoms with Crippen molar-refractivity contribution in [1.82, 2.24) is 0 Å². The van der Waals surface area contributed by atoms with Crippen LogP contribution in [0.2, 0.25) is 0 Å². The fraction of sp³-hybridized carbons (Fsp3) is 0.471. The van der Waals surface area contributed by atoms with Crippen LogP contribution >= 0.6 is 0 Å². The molecular formula is C17H22O3. The van der Waals surface area contributed by atoms with E-state index < -0.39 is 0 Å². The van der Waals surface area contributed by atoms with E-state index >= 15 is 0 Å². The molecule has 0 spiro atoms. The predicted molar refractivity (Wildman–Crippen MR) is 78.7 cm³/mol. The first-order valence-electron chi connectivity index (χ1n) is 7.04. The van der Waals surface area contributed by atoms with E-state index in [2.05, 4.69) is 26.8 Å². The summed E-state index contributed by atoms with van der Waals surface area (Å²) >= 11 is 0. The Kier molecular flexibility index (Phi) is 4.61. The van der Waals surface area contributed by atoms with Crippen molar-refractivity contribution in [2.45, 2.75) is 45.3 Å². The van der Waals surface area contributed by atoms with Gasteiger partial charge in [-0.2, -0.15) is 0 Å². The van der Waals surface area contributed by atoms with Gasteiger partial charge >= 0.3 is 5.97 Å². The average Bonchev–Trinajstić information content (AvgIpc) is 3.07. The topological polar surface area (TPSA) is 38.8 Å². The second-order valence-corrected chi connectivity index (χ2v) is 5.70. The molecule has 0 amide bonds. The van der Waals surface area contributed by atoms with E-state index in [0.717, 1.165) is 12.8 Å². The molecule has 1 heterocycles. The molecule has 1 aliphatic rings. The number of epoxide rings is 1. The summed E-state index contributed by atoms with van der Waals surface area (Å²) < 4.78 is 11.0. The predicted octanol–water partition coefficient (Wildman–Crippen LogP) is 3.75. The fourth-order valence-electron chi connectivity index (χ4n) is 2.18. The highest BCUT2D eigenvalue weighted by atomic mass is 16.6. The van der Waals surface area contributed by atoms with Crippen molar-refractivity contribution in [1.29, 1.82) is 0 Å². The van der Waals surface area contributed by atoms with E-state index in [1.54, 1.807) is 12.1 Å². The third kappa shape index (κ3) is 3.94. The van der Waals surface area contributed by atoms with Gasteiger partial charge in [0.1, 0.15) is 12.7 Å². The van der Waals surface area contributed by atoms with Gasteiger partial charge in [-0.15, -0.1) is 0 Å². The Bertz CT molecular complexity index is 488. The summed E-state index contributed by atoms with van der Waals surface area (Å²) in [4.78, 5) is 11.8. The SMILES string of the molecule is CC(C)=CCC[C@@]1(C)O[C@H]1COC(=O)c1ccccc1. The van der Waals surface area contributed by atoms with Crippen LogP contribution in [0.1, 0.15) is 44.0 Å². The van der Waals surface area contributed by atoms with Crippen LogP contribution in [0.5, 0.6) is 0 Å². The molecule has 0 N–H and O–H groups in total. The van der Waals surface area contributed by atoms with Crippen LogP contribution in [-0.2, 0) is 9.47 Å². The lowest BCUT2D eigenvalue weighted by molar-refractivity contribution is 0.0476. The maximum Gasteiger partial charge on any atom is 0.338 e. The summed E-state index contributed by atoms with van der Waals surface area (Å²) in [6.45, 7) is 6.59. The number of rotatable bonds is 6. The minimum atomic E-state index is -0.284. The summed E-state index contributed by atoms with van der Waals surface area (Å²) in [5, 5.41) is 0. The number of hydrogen-bond acceptors (Lipinski definition) is 3. The maximum absolute atomic E-state index is 11.8. The van der Waals surface area contributed by atoms with E-state index in [1.807, 2.05) is 18.2 Å². The second kappa shape index (κ2) is 6.23. The molecule has 2 atom stereocenters. The van der Waals surface area contributed by atoms with Crippen LogP contribution in [0, 0.1) is 0 Å². The zero-order chi connectivity index (χ0) is 14.6. The van der Waals surface area contributed by atoms with E-state index in [1.165, 1.54) is 5.57 Å². The Morgan fingerprint density at radius 3 is 2.70 bits per heavy atom. The lowest BCUT2D eigenvalue weighted by atomic mass is 10.0. The molecule has 0 aliphatic carbocycles. The third-order valence-electron chi connectivity index (χ3n) is 3.60.